The van der Waals surface area contributed by atoms with Gasteiger partial charge >= 0.3 is 5.97 Å². The first-order chi connectivity index (χ1) is 8.99. The summed E-state index contributed by atoms with van der Waals surface area (Å²) in [6.07, 6.45) is -2.12. The molecule has 2 aromatic heterocycles. The number of pyridine rings is 1. The van der Waals surface area contributed by atoms with Gasteiger partial charge in [0.25, 0.3) is 6.43 Å². The van der Waals surface area contributed by atoms with E-state index in [9.17, 15) is 13.6 Å². The third-order valence-electron chi connectivity index (χ3n) is 2.37. The Morgan fingerprint density at radius 2 is 2.05 bits per heavy atom. The van der Waals surface area contributed by atoms with Crippen LogP contribution in [0.25, 0.3) is 11.5 Å². The second kappa shape index (κ2) is 5.05. The molecule has 98 valence electrons. The van der Waals surface area contributed by atoms with Gasteiger partial charge in [0, 0.05) is 11.9 Å². The topological polar surface area (TPSA) is 76.0 Å². The highest BCUT2D eigenvalue weighted by molar-refractivity contribution is 5.88. The predicted octanol–water partition coefficient (Wildman–Crippen LogP) is 2.48. The lowest BCUT2D eigenvalue weighted by Crippen LogP contribution is -2.08. The second-order valence-corrected chi connectivity index (χ2v) is 3.76. The largest absolute Gasteiger partial charge is 0.478 e. The molecule has 0 aliphatic rings. The fourth-order valence-electron chi connectivity index (χ4n) is 1.52. The molecule has 0 fully saturated rings. The van der Waals surface area contributed by atoms with Crippen LogP contribution in [0.4, 0.5) is 8.78 Å². The van der Waals surface area contributed by atoms with E-state index in [-0.39, 0.29) is 5.82 Å². The number of aromatic nitrogens is 3. The van der Waals surface area contributed by atoms with Gasteiger partial charge in [-0.05, 0) is 19.1 Å². The van der Waals surface area contributed by atoms with Crippen molar-refractivity contribution >= 4 is 5.97 Å². The highest BCUT2D eigenvalue weighted by atomic mass is 19.3. The minimum Gasteiger partial charge on any atom is -0.478 e. The summed E-state index contributed by atoms with van der Waals surface area (Å²) in [5.74, 6) is -1.51. The monoisotopic (exact) mass is 265 g/mol. The zero-order valence-electron chi connectivity index (χ0n) is 9.84. The van der Waals surface area contributed by atoms with Gasteiger partial charge in [-0.2, -0.15) is 0 Å². The van der Waals surface area contributed by atoms with E-state index in [0.717, 1.165) is 6.20 Å². The quantitative estimate of drug-likeness (QED) is 0.922. The van der Waals surface area contributed by atoms with Crippen LogP contribution in [0.5, 0.6) is 0 Å². The maximum Gasteiger partial charge on any atom is 0.339 e. The van der Waals surface area contributed by atoms with Crippen molar-refractivity contribution in [1.82, 2.24) is 15.0 Å². The van der Waals surface area contributed by atoms with E-state index in [1.54, 1.807) is 25.1 Å². The fraction of sp³-hybridized carbons (Fsp3) is 0.167. The maximum absolute atomic E-state index is 12.8. The van der Waals surface area contributed by atoms with Gasteiger partial charge in [-0.15, -0.1) is 0 Å². The lowest BCUT2D eigenvalue weighted by atomic mass is 10.2. The van der Waals surface area contributed by atoms with Crippen LogP contribution in [0.1, 0.15) is 28.2 Å². The van der Waals surface area contributed by atoms with Crippen LogP contribution in [0.3, 0.4) is 0 Å². The molecule has 0 radical (unpaired) electrons. The number of halogens is 2. The third-order valence-corrected chi connectivity index (χ3v) is 2.37. The van der Waals surface area contributed by atoms with Crippen molar-refractivity contribution < 1.29 is 18.7 Å². The summed E-state index contributed by atoms with van der Waals surface area (Å²) < 4.78 is 25.6. The molecule has 2 heterocycles. The summed E-state index contributed by atoms with van der Waals surface area (Å²) in [7, 11) is 0. The molecule has 0 spiro atoms. The van der Waals surface area contributed by atoms with E-state index in [4.69, 9.17) is 5.11 Å². The Morgan fingerprint density at radius 1 is 1.32 bits per heavy atom. The highest BCUT2D eigenvalue weighted by Crippen LogP contribution is 2.23. The molecule has 0 unspecified atom stereocenters. The lowest BCUT2D eigenvalue weighted by molar-refractivity contribution is 0.0681. The Balaban J connectivity index is 2.55. The average Bonchev–Trinajstić information content (AvgIpc) is 2.37. The van der Waals surface area contributed by atoms with E-state index in [0.29, 0.717) is 11.4 Å². The van der Waals surface area contributed by atoms with Crippen molar-refractivity contribution in [2.24, 2.45) is 0 Å². The summed E-state index contributed by atoms with van der Waals surface area (Å²) in [5, 5.41) is 8.79. The number of hydrogen-bond acceptors (Lipinski definition) is 4. The minimum absolute atomic E-state index is 0.0241. The van der Waals surface area contributed by atoms with E-state index in [1.165, 1.54) is 0 Å². The Morgan fingerprint density at radius 3 is 2.63 bits per heavy atom. The Hall–Kier alpha value is -2.44. The zero-order valence-corrected chi connectivity index (χ0v) is 9.84. The number of aromatic carboxylic acids is 1. The van der Waals surface area contributed by atoms with Crippen LogP contribution in [0.15, 0.2) is 24.4 Å². The van der Waals surface area contributed by atoms with Crippen LogP contribution in [-0.4, -0.2) is 26.0 Å². The average molecular weight is 265 g/mol. The summed E-state index contributed by atoms with van der Waals surface area (Å²) >= 11 is 0. The predicted molar refractivity (Wildman–Crippen MR) is 61.9 cm³/mol. The summed E-state index contributed by atoms with van der Waals surface area (Å²) in [4.78, 5) is 22.3. The molecule has 0 amide bonds. The normalized spacial score (nSPS) is 10.7. The van der Waals surface area contributed by atoms with Crippen molar-refractivity contribution in [3.05, 3.63) is 41.3 Å². The summed E-state index contributed by atoms with van der Waals surface area (Å²) in [6, 6.07) is 5.00. The summed E-state index contributed by atoms with van der Waals surface area (Å²) in [5.41, 5.74) is -0.409. The minimum atomic E-state index is -2.99. The highest BCUT2D eigenvalue weighted by Gasteiger charge is 2.21. The van der Waals surface area contributed by atoms with Crippen molar-refractivity contribution in [2.45, 2.75) is 13.3 Å². The molecule has 0 saturated heterocycles. The standard InChI is InChI=1S/C12H9F2N3O2/c1-6-3-2-4-8(16-6)11-15-5-7(12(18)19)9(17-11)10(13)14/h2-5,10H,1H3,(H,18,19). The smallest absolute Gasteiger partial charge is 0.339 e. The SMILES string of the molecule is Cc1cccc(-c2ncc(C(=O)O)c(C(F)F)n2)n1. The summed E-state index contributed by atoms with van der Waals surface area (Å²) in [6.45, 7) is 1.74. The molecule has 0 atom stereocenters. The van der Waals surface area contributed by atoms with Gasteiger partial charge < -0.3 is 5.11 Å². The van der Waals surface area contributed by atoms with Crippen molar-refractivity contribution in [2.75, 3.05) is 0 Å². The molecule has 0 aromatic carbocycles. The molecule has 0 saturated carbocycles. The molecule has 0 aliphatic carbocycles. The van der Waals surface area contributed by atoms with Gasteiger partial charge in [0.2, 0.25) is 0 Å². The second-order valence-electron chi connectivity index (χ2n) is 3.76. The molecule has 2 aromatic rings. The molecule has 0 bridgehead atoms. The Bertz CT molecular complexity index is 632. The van der Waals surface area contributed by atoms with Gasteiger partial charge in [-0.25, -0.2) is 28.5 Å². The van der Waals surface area contributed by atoms with Crippen molar-refractivity contribution in [3.8, 4) is 11.5 Å². The Kier molecular flexibility index (Phi) is 3.46. The van der Waals surface area contributed by atoms with Crippen molar-refractivity contribution in [1.29, 1.82) is 0 Å². The number of carboxylic acid groups (broad SMARTS) is 1. The van der Waals surface area contributed by atoms with E-state index >= 15 is 0 Å². The van der Waals surface area contributed by atoms with Gasteiger partial charge in [0.05, 0.1) is 0 Å². The number of rotatable bonds is 3. The maximum atomic E-state index is 12.8. The molecule has 2 rings (SSSR count). The van der Waals surface area contributed by atoms with E-state index in [2.05, 4.69) is 15.0 Å². The van der Waals surface area contributed by atoms with Crippen LogP contribution >= 0.6 is 0 Å². The van der Waals surface area contributed by atoms with E-state index in [1.807, 2.05) is 0 Å². The van der Waals surface area contributed by atoms with Crippen LogP contribution < -0.4 is 0 Å². The molecule has 1 N–H and O–H groups in total. The van der Waals surface area contributed by atoms with Gasteiger partial charge in [-0.1, -0.05) is 6.07 Å². The first-order valence-corrected chi connectivity index (χ1v) is 5.31. The van der Waals surface area contributed by atoms with Gasteiger partial charge in [-0.3, -0.25) is 0 Å². The number of alkyl halides is 2. The van der Waals surface area contributed by atoms with Gasteiger partial charge in [0.15, 0.2) is 5.82 Å². The molecule has 7 heteroatoms. The Labute approximate surface area is 107 Å². The number of hydrogen-bond donors (Lipinski definition) is 1. The van der Waals surface area contributed by atoms with Crippen LogP contribution in [-0.2, 0) is 0 Å². The number of carbonyl (C=O) groups is 1. The number of carboxylic acids is 1. The molecule has 0 aliphatic heterocycles. The first kappa shape index (κ1) is 13.0. The lowest BCUT2D eigenvalue weighted by Gasteiger charge is -2.06. The van der Waals surface area contributed by atoms with Crippen molar-refractivity contribution in [3.63, 3.8) is 0 Å². The van der Waals surface area contributed by atoms with E-state index < -0.39 is 23.7 Å². The van der Waals surface area contributed by atoms with Crippen LogP contribution in [0.2, 0.25) is 0 Å². The first-order valence-electron chi connectivity index (χ1n) is 5.31. The van der Waals surface area contributed by atoms with Crippen LogP contribution in [0, 0.1) is 6.92 Å². The zero-order chi connectivity index (χ0) is 14.0. The fourth-order valence-corrected chi connectivity index (χ4v) is 1.52. The molecule has 19 heavy (non-hydrogen) atoms. The number of nitrogens with zero attached hydrogens (tertiary/aromatic N) is 3. The third kappa shape index (κ3) is 2.70. The number of aryl methyl sites for hydroxylation is 1. The van der Waals surface area contributed by atoms with Gasteiger partial charge in [0.1, 0.15) is 17.0 Å². The molecular weight excluding hydrogens is 256 g/mol. The molecular formula is C12H9F2N3O2. The molecule has 5 nitrogen and oxygen atoms in total.